The third-order valence-electron chi connectivity index (χ3n) is 6.87. The number of hydrogen-bond donors (Lipinski definition) is 2. The Labute approximate surface area is 198 Å². The first-order chi connectivity index (χ1) is 16.4. The third-order valence-corrected chi connectivity index (χ3v) is 6.87. The summed E-state index contributed by atoms with van der Waals surface area (Å²) < 4.78 is 8.07. The Morgan fingerprint density at radius 1 is 1.03 bits per heavy atom. The first-order valence-electron chi connectivity index (χ1n) is 11.7. The number of nitrogens with two attached hydrogens (primary N) is 1. The van der Waals surface area contributed by atoms with E-state index in [1.54, 1.807) is 0 Å². The molecule has 3 heterocycles. The minimum Gasteiger partial charge on any atom is -0.468 e. The van der Waals surface area contributed by atoms with Crippen molar-refractivity contribution in [2.45, 2.75) is 50.9 Å². The predicted octanol–water partition coefficient (Wildman–Crippen LogP) is 4.15. The molecule has 0 bridgehead atoms. The van der Waals surface area contributed by atoms with Crippen molar-refractivity contribution in [3.05, 3.63) is 77.9 Å². The number of nitrogens with zero attached hydrogens (tertiary/aromatic N) is 4. The number of pyridine rings is 1. The summed E-state index contributed by atoms with van der Waals surface area (Å²) in [6, 6.07) is 20.6. The maximum absolute atomic E-state index is 10.2. The van der Waals surface area contributed by atoms with Crippen LogP contribution in [-0.4, -0.2) is 30.5 Å². The fourth-order valence-corrected chi connectivity index (χ4v) is 5.37. The van der Waals surface area contributed by atoms with E-state index in [1.165, 1.54) is 0 Å². The Bertz CT molecular complexity index is 1350. The molecule has 1 aliphatic carbocycles. The van der Waals surface area contributed by atoms with Crippen LogP contribution in [0.1, 0.15) is 43.9 Å². The second kappa shape index (κ2) is 7.48. The van der Waals surface area contributed by atoms with Crippen molar-refractivity contribution >= 4 is 0 Å². The Hall–Kier alpha value is -3.55. The third kappa shape index (κ3) is 3.31. The van der Waals surface area contributed by atoms with E-state index in [1.807, 2.05) is 25.1 Å². The van der Waals surface area contributed by atoms with E-state index in [9.17, 15) is 5.11 Å². The van der Waals surface area contributed by atoms with Crippen molar-refractivity contribution in [2.75, 3.05) is 0 Å². The van der Waals surface area contributed by atoms with Gasteiger partial charge in [0.15, 0.2) is 12.4 Å². The van der Waals surface area contributed by atoms with Crippen LogP contribution in [0.25, 0.3) is 28.1 Å². The van der Waals surface area contributed by atoms with Crippen molar-refractivity contribution in [3.63, 3.8) is 0 Å². The quantitative estimate of drug-likeness (QED) is 0.482. The van der Waals surface area contributed by atoms with E-state index in [0.717, 1.165) is 51.7 Å². The van der Waals surface area contributed by atoms with Crippen LogP contribution in [-0.2, 0) is 18.6 Å². The summed E-state index contributed by atoms with van der Waals surface area (Å²) in [6.45, 7) is 4.24. The van der Waals surface area contributed by atoms with Crippen LogP contribution in [0, 0.1) is 0 Å². The fraction of sp³-hybridized carbons (Fsp3) is 0.296. The van der Waals surface area contributed by atoms with Gasteiger partial charge in [-0.2, -0.15) is 0 Å². The number of hydrogen-bond acceptors (Lipinski definition) is 6. The molecule has 3 N–H and O–H groups in total. The Kier molecular flexibility index (Phi) is 4.62. The smallest absolute Gasteiger partial charge is 0.239 e. The van der Waals surface area contributed by atoms with Crippen LogP contribution in [0.15, 0.2) is 60.7 Å². The molecule has 4 aromatic rings. The molecule has 0 atom stereocenters. The summed E-state index contributed by atoms with van der Waals surface area (Å²) in [5.74, 6) is 2.25. The van der Waals surface area contributed by atoms with Gasteiger partial charge in [0.25, 0.3) is 0 Å². The zero-order valence-electron chi connectivity index (χ0n) is 19.3. The zero-order valence-corrected chi connectivity index (χ0v) is 19.3. The SMILES string of the molecule is CCc1nnc2n1-c1cc(-c3ccccc3)c(-c3ccc(C4(N)CC(C)(O)C4)cc3)nc1OC2. The Morgan fingerprint density at radius 2 is 1.76 bits per heavy atom. The van der Waals surface area contributed by atoms with E-state index < -0.39 is 11.1 Å². The molecule has 2 aromatic heterocycles. The van der Waals surface area contributed by atoms with Crippen LogP contribution >= 0.6 is 0 Å². The molecule has 6 rings (SSSR count). The summed E-state index contributed by atoms with van der Waals surface area (Å²) in [7, 11) is 0. The lowest BCUT2D eigenvalue weighted by Gasteiger charge is -2.49. The Balaban J connectivity index is 1.48. The summed E-state index contributed by atoms with van der Waals surface area (Å²) in [5.41, 5.74) is 11.2. The van der Waals surface area contributed by atoms with Crippen molar-refractivity contribution in [1.82, 2.24) is 19.7 Å². The molecule has 0 saturated heterocycles. The topological polar surface area (TPSA) is 99.1 Å². The average molecular weight is 454 g/mol. The number of rotatable bonds is 4. The number of aromatic nitrogens is 4. The minimum absolute atomic E-state index is 0.339. The van der Waals surface area contributed by atoms with Gasteiger partial charge < -0.3 is 15.6 Å². The van der Waals surface area contributed by atoms with Crippen LogP contribution in [0.4, 0.5) is 0 Å². The second-order valence-corrected chi connectivity index (χ2v) is 9.67. The van der Waals surface area contributed by atoms with Crippen molar-refractivity contribution in [2.24, 2.45) is 5.73 Å². The van der Waals surface area contributed by atoms with Gasteiger partial charge in [0.05, 0.1) is 11.3 Å². The van der Waals surface area contributed by atoms with Crippen molar-refractivity contribution < 1.29 is 9.84 Å². The number of aliphatic hydroxyl groups is 1. The van der Waals surface area contributed by atoms with Gasteiger partial charge in [-0.25, -0.2) is 4.98 Å². The second-order valence-electron chi connectivity index (χ2n) is 9.67. The van der Waals surface area contributed by atoms with Gasteiger partial charge in [-0.3, -0.25) is 4.57 Å². The summed E-state index contributed by atoms with van der Waals surface area (Å²) in [6.07, 6.45) is 1.88. The van der Waals surface area contributed by atoms with Crippen LogP contribution in [0.3, 0.4) is 0 Å². The molecule has 172 valence electrons. The standard InChI is InChI=1S/C27H27N5O2/c1-3-22-30-31-23-14-34-25-21(32(22)23)13-20(17-7-5-4-6-8-17)24(29-25)18-9-11-19(12-10-18)27(28)15-26(2,33)16-27/h4-13,33H,3,14-16,28H2,1-2H3. The lowest BCUT2D eigenvalue weighted by molar-refractivity contribution is -0.0738. The molecule has 1 saturated carbocycles. The highest BCUT2D eigenvalue weighted by Crippen LogP contribution is 2.46. The molecule has 34 heavy (non-hydrogen) atoms. The van der Waals surface area contributed by atoms with Crippen molar-refractivity contribution in [3.8, 4) is 34.0 Å². The maximum atomic E-state index is 10.2. The van der Waals surface area contributed by atoms with E-state index >= 15 is 0 Å². The van der Waals surface area contributed by atoms with E-state index in [-0.39, 0.29) is 0 Å². The van der Waals surface area contributed by atoms with Crippen LogP contribution in [0.2, 0.25) is 0 Å². The van der Waals surface area contributed by atoms with E-state index in [4.69, 9.17) is 15.5 Å². The van der Waals surface area contributed by atoms with Gasteiger partial charge in [0.1, 0.15) is 11.5 Å². The molecule has 2 aliphatic rings. The van der Waals surface area contributed by atoms with E-state index in [2.05, 4.69) is 64.2 Å². The van der Waals surface area contributed by atoms with Gasteiger partial charge in [-0.15, -0.1) is 10.2 Å². The molecule has 0 amide bonds. The molecule has 1 aliphatic heterocycles. The lowest BCUT2D eigenvalue weighted by atomic mass is 9.63. The molecule has 0 radical (unpaired) electrons. The molecule has 1 fully saturated rings. The van der Waals surface area contributed by atoms with Crippen LogP contribution < -0.4 is 10.5 Å². The first-order valence-corrected chi connectivity index (χ1v) is 11.7. The maximum Gasteiger partial charge on any atom is 0.239 e. The van der Waals surface area contributed by atoms with Crippen LogP contribution in [0.5, 0.6) is 5.88 Å². The van der Waals surface area contributed by atoms with Gasteiger partial charge in [-0.05, 0) is 37.0 Å². The molecule has 2 aromatic carbocycles. The van der Waals surface area contributed by atoms with Gasteiger partial charge in [-0.1, -0.05) is 61.5 Å². The average Bonchev–Trinajstić information content (AvgIpc) is 3.26. The molecule has 0 unspecified atom stereocenters. The molecule has 7 heteroatoms. The summed E-state index contributed by atoms with van der Waals surface area (Å²) >= 11 is 0. The number of aryl methyl sites for hydroxylation is 1. The first kappa shape index (κ1) is 21.0. The molecular formula is C27H27N5O2. The summed E-state index contributed by atoms with van der Waals surface area (Å²) in [5, 5.41) is 18.8. The minimum atomic E-state index is -0.691. The fourth-order valence-electron chi connectivity index (χ4n) is 5.37. The monoisotopic (exact) mass is 453 g/mol. The Morgan fingerprint density at radius 3 is 2.44 bits per heavy atom. The number of ether oxygens (including phenoxy) is 1. The zero-order chi connectivity index (χ0) is 23.5. The number of benzene rings is 2. The summed E-state index contributed by atoms with van der Waals surface area (Å²) in [4.78, 5) is 4.99. The molecule has 7 nitrogen and oxygen atoms in total. The van der Waals surface area contributed by atoms with Gasteiger partial charge >= 0.3 is 0 Å². The normalized spacial score (nSPS) is 22.9. The largest absolute Gasteiger partial charge is 0.468 e. The van der Waals surface area contributed by atoms with E-state index in [0.29, 0.717) is 25.3 Å². The lowest BCUT2D eigenvalue weighted by Crippen LogP contribution is -2.58. The highest BCUT2D eigenvalue weighted by atomic mass is 16.5. The predicted molar refractivity (Wildman–Crippen MR) is 129 cm³/mol. The van der Waals surface area contributed by atoms with Gasteiger partial charge in [0, 0.05) is 23.1 Å². The molecule has 0 spiro atoms. The van der Waals surface area contributed by atoms with Gasteiger partial charge in [0.2, 0.25) is 5.88 Å². The molecular weight excluding hydrogens is 426 g/mol. The van der Waals surface area contributed by atoms with Crippen molar-refractivity contribution in [1.29, 1.82) is 0 Å². The number of fused-ring (bicyclic) bond motifs is 3. The highest BCUT2D eigenvalue weighted by molar-refractivity contribution is 5.83. The highest BCUT2D eigenvalue weighted by Gasteiger charge is 2.49.